The summed E-state index contributed by atoms with van der Waals surface area (Å²) in [7, 11) is 0. The summed E-state index contributed by atoms with van der Waals surface area (Å²) in [5.41, 5.74) is 8.13. The standard InChI is InChI=1S/C43H27N3/c1-2-10-32-25-34(23-18-28(32)9-1)40-27-41(39-26-33-11-3-4-14-35(33)37-15-5-6-16-38(37)39)46-43(45-40)31-21-19-29(20-22-31)36-17-7-12-30-13-8-24-44-42(30)36/h1-27H. The lowest BCUT2D eigenvalue weighted by Gasteiger charge is -2.14. The second-order valence-corrected chi connectivity index (χ2v) is 11.7. The Balaban J connectivity index is 1.24. The van der Waals surface area contributed by atoms with E-state index in [1.807, 2.05) is 12.3 Å². The van der Waals surface area contributed by atoms with Gasteiger partial charge in [0.25, 0.3) is 0 Å². The average Bonchev–Trinajstić information content (AvgIpc) is 3.14. The molecule has 9 aromatic rings. The minimum absolute atomic E-state index is 0.695. The van der Waals surface area contributed by atoms with Crippen molar-refractivity contribution in [1.82, 2.24) is 15.0 Å². The zero-order valence-electron chi connectivity index (χ0n) is 24.9. The number of hydrogen-bond donors (Lipinski definition) is 0. The molecule has 3 nitrogen and oxygen atoms in total. The number of fused-ring (bicyclic) bond motifs is 5. The van der Waals surface area contributed by atoms with E-state index in [1.165, 1.54) is 32.3 Å². The molecule has 0 amide bonds. The van der Waals surface area contributed by atoms with Gasteiger partial charge in [0.2, 0.25) is 0 Å². The van der Waals surface area contributed by atoms with E-state index in [4.69, 9.17) is 9.97 Å². The number of rotatable bonds is 4. The maximum atomic E-state index is 5.25. The van der Waals surface area contributed by atoms with Gasteiger partial charge in [-0.05, 0) is 62.1 Å². The van der Waals surface area contributed by atoms with Crippen molar-refractivity contribution < 1.29 is 0 Å². The SMILES string of the molecule is c1ccc2cc(-c3cc(-c4cc5ccccc5c5ccccc45)nc(-c4ccc(-c5cccc6cccnc56)cc4)n3)ccc2c1. The normalized spacial score (nSPS) is 11.5. The Hall–Kier alpha value is -6.19. The predicted octanol–water partition coefficient (Wildman–Crippen LogP) is 11.2. The lowest BCUT2D eigenvalue weighted by Crippen LogP contribution is -1.97. The molecular formula is C43H27N3. The van der Waals surface area contributed by atoms with Gasteiger partial charge < -0.3 is 0 Å². The first-order valence-electron chi connectivity index (χ1n) is 15.5. The van der Waals surface area contributed by atoms with Crippen LogP contribution in [0.25, 0.3) is 88.2 Å². The van der Waals surface area contributed by atoms with Crippen LogP contribution in [0.4, 0.5) is 0 Å². The Kier molecular flexibility index (Phi) is 6.14. The molecule has 0 aliphatic heterocycles. The predicted molar refractivity (Wildman–Crippen MR) is 192 cm³/mol. The Bertz CT molecular complexity index is 2580. The van der Waals surface area contributed by atoms with Crippen LogP contribution in [0.1, 0.15) is 0 Å². The summed E-state index contributed by atoms with van der Waals surface area (Å²) < 4.78 is 0. The molecule has 0 saturated heterocycles. The summed E-state index contributed by atoms with van der Waals surface area (Å²) in [5, 5.41) is 8.35. The van der Waals surface area contributed by atoms with Crippen molar-refractivity contribution >= 4 is 43.2 Å². The van der Waals surface area contributed by atoms with Crippen LogP contribution in [0, 0.1) is 0 Å². The molecule has 0 unspecified atom stereocenters. The fourth-order valence-corrected chi connectivity index (χ4v) is 6.61. The largest absolute Gasteiger partial charge is 0.256 e. The monoisotopic (exact) mass is 585 g/mol. The Morgan fingerprint density at radius 1 is 0.348 bits per heavy atom. The first-order chi connectivity index (χ1) is 22.8. The Morgan fingerprint density at radius 2 is 1.00 bits per heavy atom. The number of nitrogens with zero attached hydrogens (tertiary/aromatic N) is 3. The molecule has 7 aromatic carbocycles. The van der Waals surface area contributed by atoms with Crippen molar-refractivity contribution in [3.8, 4) is 45.0 Å². The van der Waals surface area contributed by atoms with Gasteiger partial charge in [-0.2, -0.15) is 0 Å². The van der Waals surface area contributed by atoms with Crippen molar-refractivity contribution in [1.29, 1.82) is 0 Å². The fraction of sp³-hybridized carbons (Fsp3) is 0. The van der Waals surface area contributed by atoms with Crippen molar-refractivity contribution in [3.05, 3.63) is 164 Å². The maximum Gasteiger partial charge on any atom is 0.160 e. The molecule has 214 valence electrons. The third-order valence-corrected chi connectivity index (χ3v) is 8.90. The minimum Gasteiger partial charge on any atom is -0.256 e. The minimum atomic E-state index is 0.695. The van der Waals surface area contributed by atoms with Crippen LogP contribution >= 0.6 is 0 Å². The van der Waals surface area contributed by atoms with Gasteiger partial charge in [-0.3, -0.25) is 4.98 Å². The van der Waals surface area contributed by atoms with E-state index >= 15 is 0 Å². The zero-order chi connectivity index (χ0) is 30.5. The fourth-order valence-electron chi connectivity index (χ4n) is 6.61. The topological polar surface area (TPSA) is 38.7 Å². The molecule has 2 aromatic heterocycles. The van der Waals surface area contributed by atoms with Crippen LogP contribution in [-0.4, -0.2) is 15.0 Å². The van der Waals surface area contributed by atoms with E-state index in [0.29, 0.717) is 5.82 Å². The molecular weight excluding hydrogens is 558 g/mol. The molecule has 0 atom stereocenters. The lowest BCUT2D eigenvalue weighted by molar-refractivity contribution is 1.19. The number of aromatic nitrogens is 3. The van der Waals surface area contributed by atoms with Gasteiger partial charge in [0, 0.05) is 33.8 Å². The highest BCUT2D eigenvalue weighted by molar-refractivity contribution is 6.13. The molecule has 0 radical (unpaired) electrons. The van der Waals surface area contributed by atoms with Crippen LogP contribution in [0.15, 0.2) is 164 Å². The smallest absolute Gasteiger partial charge is 0.160 e. The van der Waals surface area contributed by atoms with E-state index in [-0.39, 0.29) is 0 Å². The average molecular weight is 586 g/mol. The molecule has 0 fully saturated rings. The summed E-state index contributed by atoms with van der Waals surface area (Å²) in [6.07, 6.45) is 1.85. The summed E-state index contributed by atoms with van der Waals surface area (Å²) in [6, 6.07) is 55.5. The van der Waals surface area contributed by atoms with E-state index in [1.54, 1.807) is 0 Å². The van der Waals surface area contributed by atoms with Gasteiger partial charge in [-0.15, -0.1) is 0 Å². The van der Waals surface area contributed by atoms with Gasteiger partial charge in [0.1, 0.15) is 0 Å². The zero-order valence-corrected chi connectivity index (χ0v) is 24.9. The summed E-state index contributed by atoms with van der Waals surface area (Å²) >= 11 is 0. The molecule has 9 rings (SSSR count). The van der Waals surface area contributed by atoms with Gasteiger partial charge in [0.15, 0.2) is 5.82 Å². The third-order valence-electron chi connectivity index (χ3n) is 8.90. The Labute approximate surface area is 266 Å². The molecule has 0 aliphatic rings. The van der Waals surface area contributed by atoms with E-state index in [9.17, 15) is 0 Å². The van der Waals surface area contributed by atoms with Crippen LogP contribution in [0.5, 0.6) is 0 Å². The molecule has 46 heavy (non-hydrogen) atoms. The third kappa shape index (κ3) is 4.49. The van der Waals surface area contributed by atoms with E-state index < -0.39 is 0 Å². The van der Waals surface area contributed by atoms with Crippen LogP contribution in [-0.2, 0) is 0 Å². The van der Waals surface area contributed by atoms with E-state index in [0.717, 1.165) is 50.1 Å². The van der Waals surface area contributed by atoms with Gasteiger partial charge in [-0.1, -0.05) is 133 Å². The summed E-state index contributed by atoms with van der Waals surface area (Å²) in [5.74, 6) is 0.695. The highest BCUT2D eigenvalue weighted by atomic mass is 14.9. The van der Waals surface area contributed by atoms with Crippen molar-refractivity contribution in [2.24, 2.45) is 0 Å². The highest BCUT2D eigenvalue weighted by Crippen LogP contribution is 2.37. The molecule has 0 N–H and O–H groups in total. The maximum absolute atomic E-state index is 5.25. The van der Waals surface area contributed by atoms with Gasteiger partial charge >= 0.3 is 0 Å². The molecule has 0 spiro atoms. The second kappa shape index (κ2) is 10.8. The van der Waals surface area contributed by atoms with Crippen molar-refractivity contribution in [3.63, 3.8) is 0 Å². The second-order valence-electron chi connectivity index (χ2n) is 11.7. The molecule has 3 heteroatoms. The summed E-state index contributed by atoms with van der Waals surface area (Å²) in [4.78, 5) is 15.1. The summed E-state index contributed by atoms with van der Waals surface area (Å²) in [6.45, 7) is 0. The Morgan fingerprint density at radius 3 is 1.87 bits per heavy atom. The first kappa shape index (κ1) is 26.2. The number of pyridine rings is 1. The molecule has 0 saturated carbocycles. The van der Waals surface area contributed by atoms with Crippen LogP contribution < -0.4 is 0 Å². The van der Waals surface area contributed by atoms with Crippen LogP contribution in [0.2, 0.25) is 0 Å². The quantitative estimate of drug-likeness (QED) is 0.193. The van der Waals surface area contributed by atoms with Crippen molar-refractivity contribution in [2.45, 2.75) is 0 Å². The lowest BCUT2D eigenvalue weighted by atomic mass is 9.94. The van der Waals surface area contributed by atoms with Crippen LogP contribution in [0.3, 0.4) is 0 Å². The van der Waals surface area contributed by atoms with Gasteiger partial charge in [0.05, 0.1) is 16.9 Å². The molecule has 0 aliphatic carbocycles. The van der Waals surface area contributed by atoms with Gasteiger partial charge in [-0.25, -0.2) is 9.97 Å². The van der Waals surface area contributed by atoms with E-state index in [2.05, 4.69) is 157 Å². The molecule has 2 heterocycles. The molecule has 0 bridgehead atoms. The number of para-hydroxylation sites is 1. The first-order valence-corrected chi connectivity index (χ1v) is 15.5. The highest BCUT2D eigenvalue weighted by Gasteiger charge is 2.15. The van der Waals surface area contributed by atoms with Crippen molar-refractivity contribution in [2.75, 3.05) is 0 Å². The number of hydrogen-bond acceptors (Lipinski definition) is 3. The number of benzene rings is 7.